The van der Waals surface area contributed by atoms with Gasteiger partial charge in [0.15, 0.2) is 0 Å². The molecule has 0 bridgehead atoms. The van der Waals surface area contributed by atoms with Crippen molar-refractivity contribution >= 4 is 11.5 Å². The molecule has 4 nitrogen and oxygen atoms in total. The van der Waals surface area contributed by atoms with E-state index >= 15 is 0 Å². The second-order valence-electron chi connectivity index (χ2n) is 4.66. The summed E-state index contributed by atoms with van der Waals surface area (Å²) in [6, 6.07) is 7.60. The molecule has 0 aromatic heterocycles. The summed E-state index contributed by atoms with van der Waals surface area (Å²) in [5, 5.41) is 12.4. The minimum absolute atomic E-state index is 0.272. The van der Waals surface area contributed by atoms with Crippen molar-refractivity contribution in [2.45, 2.75) is 12.8 Å². The Hall–Kier alpha value is -1.81. The quantitative estimate of drug-likeness (QED) is 0.815. The van der Waals surface area contributed by atoms with Crippen molar-refractivity contribution in [3.8, 4) is 5.75 Å². The van der Waals surface area contributed by atoms with Gasteiger partial charge in [-0.05, 0) is 43.5 Å². The summed E-state index contributed by atoms with van der Waals surface area (Å²) in [5.41, 5.74) is 1.76. The molecule has 1 aliphatic heterocycles. The molecule has 0 unspecified atom stereocenters. The predicted octanol–water partition coefficient (Wildman–Crippen LogP) is 2.16. The molecule has 1 saturated heterocycles. The van der Waals surface area contributed by atoms with Crippen molar-refractivity contribution in [3.63, 3.8) is 0 Å². The minimum atomic E-state index is -0.903. The van der Waals surface area contributed by atoms with Gasteiger partial charge in [-0.15, -0.1) is 0 Å². The lowest BCUT2D eigenvalue weighted by molar-refractivity contribution is -0.131. The summed E-state index contributed by atoms with van der Waals surface area (Å²) >= 11 is 0. The lowest BCUT2D eigenvalue weighted by Gasteiger charge is -2.26. The van der Waals surface area contributed by atoms with Gasteiger partial charge in [-0.3, -0.25) is 0 Å². The van der Waals surface area contributed by atoms with Gasteiger partial charge in [0, 0.05) is 11.6 Å². The van der Waals surface area contributed by atoms with Gasteiger partial charge >= 0.3 is 5.97 Å². The molecule has 2 N–H and O–H groups in total. The second-order valence-corrected chi connectivity index (χ2v) is 4.66. The highest BCUT2D eigenvalue weighted by atomic mass is 16.5. The molecule has 1 heterocycles. The first kappa shape index (κ1) is 13.6. The Morgan fingerprint density at radius 2 is 2.05 bits per heavy atom. The highest BCUT2D eigenvalue weighted by Gasteiger charge is 2.21. The molecule has 0 radical (unpaired) electrons. The number of carboxylic acid groups (broad SMARTS) is 1. The molecule has 4 heteroatoms. The predicted molar refractivity (Wildman–Crippen MR) is 74.2 cm³/mol. The number of para-hydroxylation sites is 1. The zero-order chi connectivity index (χ0) is 13.7. The van der Waals surface area contributed by atoms with E-state index in [9.17, 15) is 4.79 Å². The first-order valence-corrected chi connectivity index (χ1v) is 6.51. The van der Waals surface area contributed by atoms with E-state index in [1.54, 1.807) is 7.11 Å². The Labute approximate surface area is 113 Å². The van der Waals surface area contributed by atoms with Gasteiger partial charge in [-0.2, -0.15) is 0 Å². The van der Waals surface area contributed by atoms with Crippen molar-refractivity contribution in [2.75, 3.05) is 20.2 Å². The third-order valence-electron chi connectivity index (χ3n) is 3.48. The lowest BCUT2D eigenvalue weighted by atomic mass is 9.85. The zero-order valence-electron chi connectivity index (χ0n) is 11.1. The van der Waals surface area contributed by atoms with Crippen LogP contribution in [0.4, 0.5) is 0 Å². The van der Waals surface area contributed by atoms with Gasteiger partial charge in [-0.25, -0.2) is 4.79 Å². The SMILES string of the molecule is COc1ccccc1/C(=C/C(=O)O)C1CCNCC1. The first-order valence-electron chi connectivity index (χ1n) is 6.51. The monoisotopic (exact) mass is 261 g/mol. The second kappa shape index (κ2) is 6.38. The van der Waals surface area contributed by atoms with Crippen molar-refractivity contribution in [1.29, 1.82) is 0 Å². The van der Waals surface area contributed by atoms with Gasteiger partial charge in [0.05, 0.1) is 7.11 Å². The highest BCUT2D eigenvalue weighted by Crippen LogP contribution is 2.35. The zero-order valence-corrected chi connectivity index (χ0v) is 11.1. The average Bonchev–Trinajstić information content (AvgIpc) is 2.45. The number of benzene rings is 1. The van der Waals surface area contributed by atoms with Gasteiger partial charge < -0.3 is 15.2 Å². The van der Waals surface area contributed by atoms with Gasteiger partial charge in [-0.1, -0.05) is 18.2 Å². The molecule has 1 aromatic rings. The van der Waals surface area contributed by atoms with Crippen molar-refractivity contribution < 1.29 is 14.6 Å². The van der Waals surface area contributed by atoms with Crippen LogP contribution < -0.4 is 10.1 Å². The molecule has 0 amide bonds. The molecule has 0 spiro atoms. The minimum Gasteiger partial charge on any atom is -0.496 e. The third kappa shape index (κ3) is 3.35. The van der Waals surface area contributed by atoms with Gasteiger partial charge in [0.2, 0.25) is 0 Å². The average molecular weight is 261 g/mol. The number of hydrogen-bond acceptors (Lipinski definition) is 3. The van der Waals surface area contributed by atoms with E-state index in [0.717, 1.165) is 42.8 Å². The Kier molecular flexibility index (Phi) is 4.58. The van der Waals surface area contributed by atoms with Crippen LogP contribution in [0, 0.1) is 5.92 Å². The van der Waals surface area contributed by atoms with Crippen LogP contribution in [0.5, 0.6) is 5.75 Å². The van der Waals surface area contributed by atoms with Crippen molar-refractivity contribution in [1.82, 2.24) is 5.32 Å². The third-order valence-corrected chi connectivity index (χ3v) is 3.48. The Bertz CT molecular complexity index is 476. The maximum atomic E-state index is 11.1. The molecule has 1 aromatic carbocycles. The Morgan fingerprint density at radius 1 is 1.37 bits per heavy atom. The van der Waals surface area contributed by atoms with Crippen molar-refractivity contribution in [2.24, 2.45) is 5.92 Å². The number of ether oxygens (including phenoxy) is 1. The van der Waals surface area contributed by atoms with Crippen LogP contribution in [-0.2, 0) is 4.79 Å². The van der Waals surface area contributed by atoms with Crippen LogP contribution in [0.25, 0.3) is 5.57 Å². The number of carboxylic acids is 1. The molecule has 102 valence electrons. The maximum absolute atomic E-state index is 11.1. The van der Waals surface area contributed by atoms with E-state index in [4.69, 9.17) is 9.84 Å². The summed E-state index contributed by atoms with van der Waals surface area (Å²) in [6.07, 6.45) is 3.24. The Balaban J connectivity index is 2.39. The number of methoxy groups -OCH3 is 1. The molecular weight excluding hydrogens is 242 g/mol. The van der Waals surface area contributed by atoms with Crippen LogP contribution >= 0.6 is 0 Å². The van der Waals surface area contributed by atoms with E-state index in [0.29, 0.717) is 0 Å². The fourth-order valence-electron chi connectivity index (χ4n) is 2.56. The van der Waals surface area contributed by atoms with Crippen LogP contribution in [0.15, 0.2) is 30.3 Å². The van der Waals surface area contributed by atoms with Crippen LogP contribution in [0.2, 0.25) is 0 Å². The number of allylic oxidation sites excluding steroid dienone is 1. The summed E-state index contributed by atoms with van der Waals surface area (Å²) in [4.78, 5) is 11.1. The van der Waals surface area contributed by atoms with E-state index in [-0.39, 0.29) is 5.92 Å². The molecule has 2 rings (SSSR count). The molecule has 1 aliphatic rings. The fourth-order valence-corrected chi connectivity index (χ4v) is 2.56. The van der Waals surface area contributed by atoms with E-state index in [1.807, 2.05) is 24.3 Å². The standard InChI is InChI=1S/C15H19NO3/c1-19-14-5-3-2-4-12(14)13(10-15(17)18)11-6-8-16-9-7-11/h2-5,10-11,16H,6-9H2,1H3,(H,17,18)/b13-10+. The summed E-state index contributed by atoms with van der Waals surface area (Å²) in [7, 11) is 1.61. The van der Waals surface area contributed by atoms with Crippen LogP contribution in [0.3, 0.4) is 0 Å². The van der Waals surface area contributed by atoms with Gasteiger partial charge in [0.25, 0.3) is 0 Å². The van der Waals surface area contributed by atoms with E-state index < -0.39 is 5.97 Å². The Morgan fingerprint density at radius 3 is 2.68 bits per heavy atom. The van der Waals surface area contributed by atoms with Crippen LogP contribution in [0.1, 0.15) is 18.4 Å². The summed E-state index contributed by atoms with van der Waals surface area (Å²) in [5.74, 6) is 0.0987. The maximum Gasteiger partial charge on any atom is 0.328 e. The fraction of sp³-hybridized carbons (Fsp3) is 0.400. The molecule has 1 fully saturated rings. The molecule has 0 aliphatic carbocycles. The van der Waals surface area contributed by atoms with E-state index in [1.165, 1.54) is 6.08 Å². The number of aliphatic carboxylic acids is 1. The van der Waals surface area contributed by atoms with Crippen LogP contribution in [-0.4, -0.2) is 31.3 Å². The smallest absolute Gasteiger partial charge is 0.328 e. The first-order chi connectivity index (χ1) is 9.22. The number of hydrogen-bond donors (Lipinski definition) is 2. The largest absolute Gasteiger partial charge is 0.496 e. The van der Waals surface area contributed by atoms with Gasteiger partial charge in [0.1, 0.15) is 5.75 Å². The molecule has 0 atom stereocenters. The van der Waals surface area contributed by atoms with Crippen molar-refractivity contribution in [3.05, 3.63) is 35.9 Å². The number of carbonyl (C=O) groups is 1. The topological polar surface area (TPSA) is 58.6 Å². The molecule has 19 heavy (non-hydrogen) atoms. The molecular formula is C15H19NO3. The summed E-state index contributed by atoms with van der Waals surface area (Å²) < 4.78 is 5.35. The summed E-state index contributed by atoms with van der Waals surface area (Å²) in [6.45, 7) is 1.85. The number of nitrogens with one attached hydrogen (secondary N) is 1. The number of piperidine rings is 1. The normalized spacial score (nSPS) is 17.2. The highest BCUT2D eigenvalue weighted by molar-refractivity contribution is 5.91. The lowest BCUT2D eigenvalue weighted by Crippen LogP contribution is -2.28. The molecule has 0 saturated carbocycles. The van der Waals surface area contributed by atoms with E-state index in [2.05, 4.69) is 5.32 Å². The number of rotatable bonds is 4.